The number of hydrogen-bond acceptors (Lipinski definition) is 6. The lowest BCUT2D eigenvalue weighted by Crippen LogP contribution is -2.55. The monoisotopic (exact) mass is 602 g/mol. The van der Waals surface area contributed by atoms with E-state index in [1.807, 2.05) is 24.3 Å². The Kier molecular flexibility index (Phi) is 13.6. The Balaban J connectivity index is 2.27. The molecule has 3 atom stereocenters. The summed E-state index contributed by atoms with van der Waals surface area (Å²) in [5, 5.41) is 23.1. The van der Waals surface area contributed by atoms with Gasteiger partial charge in [0.15, 0.2) is 0 Å². The Labute approximate surface area is 222 Å². The van der Waals surface area contributed by atoms with E-state index in [0.717, 1.165) is 35.7 Å². The van der Waals surface area contributed by atoms with Gasteiger partial charge >= 0.3 is 0 Å². The van der Waals surface area contributed by atoms with Crippen LogP contribution in [-0.4, -0.2) is 78.6 Å². The molecule has 0 aliphatic heterocycles. The Bertz CT molecular complexity index is 834. The fourth-order valence-corrected chi connectivity index (χ4v) is 4.67. The second kappa shape index (κ2) is 16.1. The van der Waals surface area contributed by atoms with Crippen molar-refractivity contribution in [3.8, 4) is 5.75 Å². The van der Waals surface area contributed by atoms with E-state index < -0.39 is 18.2 Å². The van der Waals surface area contributed by atoms with Crippen molar-refractivity contribution in [2.45, 2.75) is 70.1 Å². The molecule has 0 saturated heterocycles. The first kappa shape index (κ1) is 29.5. The van der Waals surface area contributed by atoms with E-state index in [1.165, 1.54) is 0 Å². The highest BCUT2D eigenvalue weighted by molar-refractivity contribution is 14.1. The van der Waals surface area contributed by atoms with Crippen LogP contribution in [0, 0.1) is 3.57 Å². The van der Waals surface area contributed by atoms with Gasteiger partial charge in [0.2, 0.25) is 11.8 Å². The third-order valence-corrected chi connectivity index (χ3v) is 6.96. The van der Waals surface area contributed by atoms with Crippen LogP contribution in [0.2, 0.25) is 0 Å². The molecular weight excluding hydrogens is 563 g/mol. The average Bonchev–Trinajstić information content (AvgIpc) is 2.85. The standard InChI is InChI=1S/C26H39IN2O6/c1-3-4-5-6-7-12-24(31)29(14-16-34-2)21-17-19(26(33)28-13-15-30)18-23(25(21)32)35-22-11-9-8-10-20(22)27/h8-11,18,21,23,25,30,32H,3-7,12-17H2,1-2H3,(H,28,33)/t21-,23+,25+/m1/s1. The molecule has 0 heterocycles. The predicted molar refractivity (Wildman–Crippen MR) is 143 cm³/mol. The van der Waals surface area contributed by atoms with Crippen LogP contribution in [0.4, 0.5) is 0 Å². The molecule has 2 rings (SSSR count). The van der Waals surface area contributed by atoms with E-state index >= 15 is 0 Å². The molecule has 1 aliphatic carbocycles. The first-order valence-corrected chi connectivity index (χ1v) is 13.5. The van der Waals surface area contributed by atoms with Crippen molar-refractivity contribution in [1.82, 2.24) is 10.2 Å². The third kappa shape index (κ3) is 9.36. The van der Waals surface area contributed by atoms with Gasteiger partial charge in [-0.1, -0.05) is 44.7 Å². The minimum absolute atomic E-state index is 0.0624. The molecule has 2 amide bonds. The number of benzene rings is 1. The van der Waals surface area contributed by atoms with Gasteiger partial charge in [-0.3, -0.25) is 9.59 Å². The lowest BCUT2D eigenvalue weighted by molar-refractivity contribution is -0.139. The molecule has 0 saturated carbocycles. The first-order valence-electron chi connectivity index (χ1n) is 12.4. The summed E-state index contributed by atoms with van der Waals surface area (Å²) in [6.45, 7) is 2.73. The van der Waals surface area contributed by atoms with Crippen molar-refractivity contribution in [3.05, 3.63) is 39.5 Å². The van der Waals surface area contributed by atoms with Crippen molar-refractivity contribution in [2.24, 2.45) is 0 Å². The van der Waals surface area contributed by atoms with Crippen molar-refractivity contribution in [2.75, 3.05) is 33.4 Å². The summed E-state index contributed by atoms with van der Waals surface area (Å²) in [6, 6.07) is 6.80. The fraction of sp³-hybridized carbons (Fsp3) is 0.615. The maximum absolute atomic E-state index is 13.3. The summed E-state index contributed by atoms with van der Waals surface area (Å²) in [6.07, 6.45) is 5.50. The molecule has 9 heteroatoms. The maximum atomic E-state index is 13.3. The second-order valence-electron chi connectivity index (χ2n) is 8.69. The lowest BCUT2D eigenvalue weighted by atomic mass is 9.88. The Morgan fingerprint density at radius 2 is 1.94 bits per heavy atom. The lowest BCUT2D eigenvalue weighted by Gasteiger charge is -2.40. The Morgan fingerprint density at radius 3 is 2.63 bits per heavy atom. The summed E-state index contributed by atoms with van der Waals surface area (Å²) in [7, 11) is 1.57. The number of aliphatic hydroxyl groups is 2. The number of nitrogens with zero attached hydrogens (tertiary/aromatic N) is 1. The van der Waals surface area contributed by atoms with Crippen molar-refractivity contribution in [1.29, 1.82) is 0 Å². The summed E-state index contributed by atoms with van der Waals surface area (Å²) < 4.78 is 12.3. The number of nitrogens with one attached hydrogen (secondary N) is 1. The molecule has 1 aromatic rings. The molecular formula is C26H39IN2O6. The van der Waals surface area contributed by atoms with Crippen molar-refractivity contribution < 1.29 is 29.3 Å². The number of carbonyl (C=O) groups excluding carboxylic acids is 2. The highest BCUT2D eigenvalue weighted by Gasteiger charge is 2.40. The van der Waals surface area contributed by atoms with E-state index in [-0.39, 0.29) is 31.4 Å². The zero-order valence-electron chi connectivity index (χ0n) is 20.7. The minimum Gasteiger partial charge on any atom is -0.482 e. The van der Waals surface area contributed by atoms with Crippen LogP contribution in [0.25, 0.3) is 0 Å². The summed E-state index contributed by atoms with van der Waals surface area (Å²) in [5.41, 5.74) is 0.419. The number of para-hydroxylation sites is 1. The number of amides is 2. The van der Waals surface area contributed by atoms with Gasteiger partial charge < -0.3 is 29.9 Å². The molecule has 0 radical (unpaired) electrons. The molecule has 1 aromatic carbocycles. The molecule has 8 nitrogen and oxygen atoms in total. The molecule has 0 spiro atoms. The highest BCUT2D eigenvalue weighted by Crippen LogP contribution is 2.30. The molecule has 3 N–H and O–H groups in total. The van der Waals surface area contributed by atoms with Gasteiger partial charge in [-0.2, -0.15) is 0 Å². The summed E-state index contributed by atoms with van der Waals surface area (Å²) >= 11 is 2.16. The predicted octanol–water partition coefficient (Wildman–Crippen LogP) is 3.04. The first-order chi connectivity index (χ1) is 16.9. The van der Waals surface area contributed by atoms with Crippen molar-refractivity contribution in [3.63, 3.8) is 0 Å². The van der Waals surface area contributed by atoms with Crippen LogP contribution < -0.4 is 10.1 Å². The Morgan fingerprint density at radius 1 is 1.20 bits per heavy atom. The number of halogens is 1. The Hall–Kier alpha value is -1.69. The number of ether oxygens (including phenoxy) is 2. The molecule has 0 unspecified atom stereocenters. The molecule has 1 aliphatic rings. The largest absolute Gasteiger partial charge is 0.482 e. The quantitative estimate of drug-likeness (QED) is 0.211. The molecule has 0 aromatic heterocycles. The van der Waals surface area contributed by atoms with Gasteiger partial charge in [0.1, 0.15) is 18.0 Å². The van der Waals surface area contributed by atoms with Crippen LogP contribution in [0.5, 0.6) is 5.75 Å². The number of rotatable bonds is 15. The van der Waals surface area contributed by atoms with E-state index in [9.17, 15) is 14.7 Å². The van der Waals surface area contributed by atoms with E-state index in [2.05, 4.69) is 34.8 Å². The van der Waals surface area contributed by atoms with Crippen LogP contribution in [-0.2, 0) is 14.3 Å². The van der Waals surface area contributed by atoms with Crippen LogP contribution in [0.3, 0.4) is 0 Å². The van der Waals surface area contributed by atoms with Gasteiger partial charge in [0.25, 0.3) is 0 Å². The van der Waals surface area contributed by atoms with Gasteiger partial charge in [0, 0.05) is 38.6 Å². The SMILES string of the molecule is CCCCCCCC(=O)N(CCOC)[C@@H]1CC(C(=O)NCCO)=C[C@H](Oc2ccccc2I)[C@H]1O. The highest BCUT2D eigenvalue weighted by atomic mass is 127. The molecule has 0 bridgehead atoms. The van der Waals surface area contributed by atoms with E-state index in [4.69, 9.17) is 14.6 Å². The topological polar surface area (TPSA) is 108 Å². The molecule has 0 fully saturated rings. The normalized spacial score (nSPS) is 19.7. The van der Waals surface area contributed by atoms with Gasteiger partial charge in [-0.25, -0.2) is 0 Å². The maximum Gasteiger partial charge on any atom is 0.247 e. The number of hydrogen-bond donors (Lipinski definition) is 3. The third-order valence-electron chi connectivity index (χ3n) is 6.07. The number of methoxy groups -OCH3 is 1. The summed E-state index contributed by atoms with van der Waals surface area (Å²) in [5.74, 6) is 0.188. The van der Waals surface area contributed by atoms with Gasteiger partial charge in [-0.05, 0) is 47.2 Å². The zero-order chi connectivity index (χ0) is 25.6. The smallest absolute Gasteiger partial charge is 0.247 e. The minimum atomic E-state index is -1.03. The van der Waals surface area contributed by atoms with E-state index in [1.54, 1.807) is 18.1 Å². The zero-order valence-corrected chi connectivity index (χ0v) is 22.9. The molecule has 196 valence electrons. The summed E-state index contributed by atoms with van der Waals surface area (Å²) in [4.78, 5) is 27.7. The van der Waals surface area contributed by atoms with Gasteiger partial charge in [-0.15, -0.1) is 0 Å². The van der Waals surface area contributed by atoms with Crippen molar-refractivity contribution >= 4 is 34.4 Å². The van der Waals surface area contributed by atoms with Crippen LogP contribution in [0.1, 0.15) is 51.9 Å². The van der Waals surface area contributed by atoms with Crippen LogP contribution >= 0.6 is 22.6 Å². The number of aliphatic hydroxyl groups excluding tert-OH is 2. The van der Waals surface area contributed by atoms with Crippen LogP contribution in [0.15, 0.2) is 35.9 Å². The average molecular weight is 603 g/mol. The number of carbonyl (C=O) groups is 2. The van der Waals surface area contributed by atoms with Gasteiger partial charge in [0.05, 0.1) is 22.8 Å². The fourth-order valence-electron chi connectivity index (χ4n) is 4.15. The molecule has 35 heavy (non-hydrogen) atoms. The van der Waals surface area contributed by atoms with E-state index in [0.29, 0.717) is 30.9 Å². The second-order valence-corrected chi connectivity index (χ2v) is 9.85. The number of unbranched alkanes of at least 4 members (excludes halogenated alkanes) is 4.